The number of furan rings is 1. The molecule has 9 heteroatoms. The summed E-state index contributed by atoms with van der Waals surface area (Å²) in [5.41, 5.74) is 2.69. The molecule has 2 N–H and O–H groups in total. The first kappa shape index (κ1) is 17.0. The number of hydrogen-bond donors (Lipinski definition) is 2. The molecule has 3 rings (SSSR count). The first-order valence-corrected chi connectivity index (χ1v) is 8.76. The molecule has 25 heavy (non-hydrogen) atoms. The molecule has 0 spiro atoms. The van der Waals surface area contributed by atoms with Gasteiger partial charge in [-0.15, -0.1) is 4.83 Å². The fraction of sp³-hybridized carbons (Fsp3) is 0. The summed E-state index contributed by atoms with van der Waals surface area (Å²) in [5, 5.41) is 9.92. The molecule has 0 atom stereocenters. The predicted octanol–water partition coefficient (Wildman–Crippen LogP) is 2.58. The number of nitrogens with one attached hydrogen (secondary N) is 2. The van der Waals surface area contributed by atoms with Gasteiger partial charge in [0.05, 0.1) is 16.5 Å². The van der Waals surface area contributed by atoms with Crippen molar-refractivity contribution in [1.29, 1.82) is 5.26 Å². The maximum Gasteiger partial charge on any atom is 0.301 e. The Bertz CT molecular complexity index is 1120. The molecule has 0 radical (unpaired) electrons. The topological polar surface area (TPSA) is 112 Å². The highest BCUT2D eigenvalue weighted by Crippen LogP contribution is 2.23. The molecular weight excluding hydrogens is 366 g/mol. The SMILES string of the molecule is N#Cc1cccc(S(=O)(=O)NNC(=O)c2cc3cc(Cl)ccc3o2)c1. The van der Waals surface area contributed by atoms with Crippen molar-refractivity contribution >= 4 is 38.5 Å². The van der Waals surface area contributed by atoms with Crippen LogP contribution >= 0.6 is 11.6 Å². The second kappa shape index (κ2) is 6.57. The lowest BCUT2D eigenvalue weighted by molar-refractivity contribution is 0.0919. The normalized spacial score (nSPS) is 11.2. The fourth-order valence-electron chi connectivity index (χ4n) is 2.09. The number of nitriles is 1. The lowest BCUT2D eigenvalue weighted by atomic mass is 10.2. The van der Waals surface area contributed by atoms with Crippen LogP contribution < -0.4 is 10.3 Å². The van der Waals surface area contributed by atoms with E-state index in [0.29, 0.717) is 16.0 Å². The highest BCUT2D eigenvalue weighted by molar-refractivity contribution is 7.89. The standard InChI is InChI=1S/C16H10ClN3O4S/c17-12-4-5-14-11(7-12)8-15(24-14)16(21)19-20-25(22,23)13-3-1-2-10(6-13)9-18/h1-8,20H,(H,19,21). The molecule has 0 unspecified atom stereocenters. The van der Waals surface area contributed by atoms with Gasteiger partial charge in [0.15, 0.2) is 5.76 Å². The van der Waals surface area contributed by atoms with Crippen LogP contribution in [-0.2, 0) is 10.0 Å². The zero-order valence-electron chi connectivity index (χ0n) is 12.5. The zero-order chi connectivity index (χ0) is 18.0. The van der Waals surface area contributed by atoms with Crippen LogP contribution in [-0.4, -0.2) is 14.3 Å². The van der Waals surface area contributed by atoms with Crippen LogP contribution in [0.2, 0.25) is 5.02 Å². The van der Waals surface area contributed by atoms with E-state index in [9.17, 15) is 13.2 Å². The summed E-state index contributed by atoms with van der Waals surface area (Å²) >= 11 is 5.86. The van der Waals surface area contributed by atoms with Gasteiger partial charge in [0.25, 0.3) is 10.0 Å². The molecule has 0 bridgehead atoms. The number of carbonyl (C=O) groups is 1. The van der Waals surface area contributed by atoms with Gasteiger partial charge in [-0.1, -0.05) is 17.7 Å². The number of benzene rings is 2. The molecule has 126 valence electrons. The van der Waals surface area contributed by atoms with E-state index in [1.165, 1.54) is 30.3 Å². The van der Waals surface area contributed by atoms with E-state index in [1.54, 1.807) is 18.2 Å². The molecule has 7 nitrogen and oxygen atoms in total. The number of hydrazine groups is 1. The van der Waals surface area contributed by atoms with Crippen LogP contribution in [0.5, 0.6) is 0 Å². The summed E-state index contributed by atoms with van der Waals surface area (Å²) in [7, 11) is -4.03. The van der Waals surface area contributed by atoms with Crippen molar-refractivity contribution in [2.75, 3.05) is 0 Å². The Kier molecular flexibility index (Phi) is 4.46. The van der Waals surface area contributed by atoms with Crippen molar-refractivity contribution in [3.05, 3.63) is 64.9 Å². The number of amides is 1. The minimum Gasteiger partial charge on any atom is -0.451 e. The third-order valence-corrected chi connectivity index (χ3v) is 4.75. The van der Waals surface area contributed by atoms with E-state index in [2.05, 4.69) is 5.43 Å². The molecule has 1 heterocycles. The van der Waals surface area contributed by atoms with Gasteiger partial charge in [0, 0.05) is 10.4 Å². The van der Waals surface area contributed by atoms with Crippen LogP contribution in [0.1, 0.15) is 16.1 Å². The van der Waals surface area contributed by atoms with Gasteiger partial charge in [0.2, 0.25) is 0 Å². The summed E-state index contributed by atoms with van der Waals surface area (Å²) in [6.07, 6.45) is 0. The second-order valence-corrected chi connectivity index (χ2v) is 7.11. The largest absolute Gasteiger partial charge is 0.451 e. The van der Waals surface area contributed by atoms with Crippen LogP contribution in [0.25, 0.3) is 11.0 Å². The van der Waals surface area contributed by atoms with Gasteiger partial charge in [-0.2, -0.15) is 5.26 Å². The number of sulfonamides is 1. The van der Waals surface area contributed by atoms with Gasteiger partial charge >= 0.3 is 5.91 Å². The molecule has 0 saturated carbocycles. The Morgan fingerprint density at radius 3 is 2.72 bits per heavy atom. The molecule has 0 aliphatic heterocycles. The lowest BCUT2D eigenvalue weighted by Crippen LogP contribution is -2.41. The summed E-state index contributed by atoms with van der Waals surface area (Å²) in [6.45, 7) is 0. The van der Waals surface area contributed by atoms with Crippen molar-refractivity contribution in [2.45, 2.75) is 4.90 Å². The van der Waals surface area contributed by atoms with Crippen LogP contribution in [0.3, 0.4) is 0 Å². The van der Waals surface area contributed by atoms with Crippen molar-refractivity contribution in [1.82, 2.24) is 10.3 Å². The van der Waals surface area contributed by atoms with E-state index in [-0.39, 0.29) is 16.2 Å². The number of nitrogens with zero attached hydrogens (tertiary/aromatic N) is 1. The first-order valence-electron chi connectivity index (χ1n) is 6.90. The average molecular weight is 376 g/mol. The Labute approximate surface area is 147 Å². The molecule has 3 aromatic rings. The van der Waals surface area contributed by atoms with Gasteiger partial charge < -0.3 is 4.42 Å². The first-order chi connectivity index (χ1) is 11.9. The Morgan fingerprint density at radius 1 is 1.16 bits per heavy atom. The predicted molar refractivity (Wildman–Crippen MR) is 90.2 cm³/mol. The van der Waals surface area contributed by atoms with Crippen molar-refractivity contribution in [2.24, 2.45) is 0 Å². The number of halogens is 1. The third kappa shape index (κ3) is 3.64. The molecule has 0 fully saturated rings. The quantitative estimate of drug-likeness (QED) is 0.680. The lowest BCUT2D eigenvalue weighted by Gasteiger charge is -2.07. The summed E-state index contributed by atoms with van der Waals surface area (Å²) in [5.74, 6) is -0.849. The van der Waals surface area contributed by atoms with E-state index in [0.717, 1.165) is 0 Å². The van der Waals surface area contributed by atoms with Crippen molar-refractivity contribution in [3.8, 4) is 6.07 Å². The summed E-state index contributed by atoms with van der Waals surface area (Å²) in [4.78, 5) is 13.9. The van der Waals surface area contributed by atoms with Crippen LogP contribution in [0.4, 0.5) is 0 Å². The minimum atomic E-state index is -4.03. The summed E-state index contributed by atoms with van der Waals surface area (Å²) in [6, 6.07) is 13.5. The van der Waals surface area contributed by atoms with E-state index in [1.807, 2.05) is 10.9 Å². The highest BCUT2D eigenvalue weighted by Gasteiger charge is 2.18. The Hall–Kier alpha value is -2.86. The van der Waals surface area contributed by atoms with E-state index >= 15 is 0 Å². The average Bonchev–Trinajstić information content (AvgIpc) is 3.03. The third-order valence-electron chi connectivity index (χ3n) is 3.27. The molecule has 2 aromatic carbocycles. The molecule has 1 aromatic heterocycles. The number of hydrogen-bond acceptors (Lipinski definition) is 5. The molecule has 1 amide bonds. The van der Waals surface area contributed by atoms with Gasteiger partial charge in [-0.3, -0.25) is 10.2 Å². The zero-order valence-corrected chi connectivity index (χ0v) is 14.1. The monoisotopic (exact) mass is 375 g/mol. The number of fused-ring (bicyclic) bond motifs is 1. The molecule has 0 saturated heterocycles. The number of rotatable bonds is 4. The Balaban J connectivity index is 1.77. The second-order valence-electron chi connectivity index (χ2n) is 4.99. The van der Waals surface area contributed by atoms with Gasteiger partial charge in [-0.25, -0.2) is 8.42 Å². The molecule has 0 aliphatic carbocycles. The van der Waals surface area contributed by atoms with E-state index in [4.69, 9.17) is 21.3 Å². The Morgan fingerprint density at radius 2 is 1.96 bits per heavy atom. The smallest absolute Gasteiger partial charge is 0.301 e. The van der Waals surface area contributed by atoms with Crippen LogP contribution in [0.15, 0.2) is 57.8 Å². The molecular formula is C16H10ClN3O4S. The van der Waals surface area contributed by atoms with Crippen LogP contribution in [0, 0.1) is 11.3 Å². The maximum absolute atomic E-state index is 12.2. The minimum absolute atomic E-state index is 0.0780. The number of carbonyl (C=O) groups excluding carboxylic acids is 1. The highest BCUT2D eigenvalue weighted by atomic mass is 35.5. The van der Waals surface area contributed by atoms with Crippen molar-refractivity contribution in [3.63, 3.8) is 0 Å². The van der Waals surface area contributed by atoms with Crippen molar-refractivity contribution < 1.29 is 17.6 Å². The van der Waals surface area contributed by atoms with Gasteiger partial charge in [0.1, 0.15) is 5.58 Å². The van der Waals surface area contributed by atoms with Gasteiger partial charge in [-0.05, 0) is 42.5 Å². The molecule has 0 aliphatic rings. The van der Waals surface area contributed by atoms with E-state index < -0.39 is 15.9 Å². The summed E-state index contributed by atoms with van der Waals surface area (Å²) < 4.78 is 29.7. The fourth-order valence-corrected chi connectivity index (χ4v) is 3.16. The maximum atomic E-state index is 12.2.